The second-order valence-electron chi connectivity index (χ2n) is 7.66. The van der Waals surface area contributed by atoms with Crippen molar-refractivity contribution in [3.8, 4) is 11.3 Å². The molecule has 0 radical (unpaired) electrons. The summed E-state index contributed by atoms with van der Waals surface area (Å²) in [4.78, 5) is 35.5. The fourth-order valence-corrected chi connectivity index (χ4v) is 3.51. The summed E-state index contributed by atoms with van der Waals surface area (Å²) < 4.78 is 0.993. The van der Waals surface area contributed by atoms with Crippen molar-refractivity contribution in [1.82, 2.24) is 20.3 Å². The van der Waals surface area contributed by atoms with Crippen molar-refractivity contribution in [1.29, 1.82) is 0 Å². The van der Waals surface area contributed by atoms with Crippen LogP contribution >= 0.6 is 15.9 Å². The van der Waals surface area contributed by atoms with Crippen LogP contribution in [0.2, 0.25) is 0 Å². The van der Waals surface area contributed by atoms with E-state index in [1.165, 1.54) is 12.3 Å². The van der Waals surface area contributed by atoms with Gasteiger partial charge in [0.15, 0.2) is 0 Å². The summed E-state index contributed by atoms with van der Waals surface area (Å²) in [5.41, 5.74) is 3.10. The smallest absolute Gasteiger partial charge is 0.287 e. The van der Waals surface area contributed by atoms with Gasteiger partial charge in [-0.25, -0.2) is 15.0 Å². The number of nitro groups is 1. The first-order chi connectivity index (χ1) is 17.5. The highest BCUT2D eigenvalue weighted by Crippen LogP contribution is 2.19. The van der Waals surface area contributed by atoms with Crippen LogP contribution in [0.4, 0.5) is 17.5 Å². The molecule has 0 spiro atoms. The van der Waals surface area contributed by atoms with E-state index in [1.54, 1.807) is 30.5 Å². The Kier molecular flexibility index (Phi) is 8.14. The van der Waals surface area contributed by atoms with Gasteiger partial charge in [0, 0.05) is 47.5 Å². The normalized spacial score (nSPS) is 10.5. The number of carbonyl (C=O) groups excluding carboxylic acids is 1. The van der Waals surface area contributed by atoms with Crippen molar-refractivity contribution in [3.63, 3.8) is 0 Å². The van der Waals surface area contributed by atoms with Crippen molar-refractivity contribution in [2.24, 2.45) is 0 Å². The first-order valence-corrected chi connectivity index (χ1v) is 11.8. The minimum absolute atomic E-state index is 0.0572. The third-order valence-corrected chi connectivity index (χ3v) is 5.67. The lowest BCUT2D eigenvalue weighted by molar-refractivity contribution is -0.385. The molecule has 0 saturated carbocycles. The number of nitrogens with one attached hydrogen (secondary N) is 3. The van der Waals surface area contributed by atoms with E-state index in [-0.39, 0.29) is 11.6 Å². The van der Waals surface area contributed by atoms with Crippen LogP contribution in [0, 0.1) is 10.1 Å². The zero-order chi connectivity index (χ0) is 25.3. The summed E-state index contributed by atoms with van der Waals surface area (Å²) >= 11 is 3.40. The predicted molar refractivity (Wildman–Crippen MR) is 141 cm³/mol. The first kappa shape index (κ1) is 24.7. The molecule has 0 aliphatic heterocycles. The van der Waals surface area contributed by atoms with Crippen LogP contribution in [0.15, 0.2) is 83.6 Å². The third-order valence-electron chi connectivity index (χ3n) is 5.14. The summed E-state index contributed by atoms with van der Waals surface area (Å²) in [6.07, 6.45) is 2.87. The van der Waals surface area contributed by atoms with E-state index in [0.29, 0.717) is 37.0 Å². The lowest BCUT2D eigenvalue weighted by Gasteiger charge is -2.09. The van der Waals surface area contributed by atoms with E-state index >= 15 is 0 Å². The van der Waals surface area contributed by atoms with Gasteiger partial charge in [0.25, 0.3) is 11.6 Å². The molecular weight excluding hydrogens is 526 g/mol. The Labute approximate surface area is 215 Å². The van der Waals surface area contributed by atoms with E-state index in [9.17, 15) is 14.9 Å². The highest BCUT2D eigenvalue weighted by Gasteiger charge is 2.08. The maximum absolute atomic E-state index is 12.5. The van der Waals surface area contributed by atoms with Crippen LogP contribution in [-0.2, 0) is 6.54 Å². The second-order valence-corrected chi connectivity index (χ2v) is 8.58. The number of aromatic nitrogens is 3. The number of pyridine rings is 1. The molecule has 0 saturated heterocycles. The fraction of sp³-hybridized carbons (Fsp3) is 0.120. The van der Waals surface area contributed by atoms with Crippen LogP contribution < -0.4 is 16.0 Å². The molecule has 0 aliphatic rings. The number of carbonyl (C=O) groups is 1. The molecule has 1 amide bonds. The van der Waals surface area contributed by atoms with Crippen molar-refractivity contribution >= 4 is 39.3 Å². The van der Waals surface area contributed by atoms with Gasteiger partial charge < -0.3 is 16.0 Å². The molecule has 2 aromatic carbocycles. The molecule has 182 valence electrons. The van der Waals surface area contributed by atoms with Gasteiger partial charge >= 0.3 is 0 Å². The molecule has 0 bridgehead atoms. The van der Waals surface area contributed by atoms with Gasteiger partial charge in [-0.1, -0.05) is 40.2 Å². The molecule has 3 N–H and O–H groups in total. The molecule has 36 heavy (non-hydrogen) atoms. The van der Waals surface area contributed by atoms with Crippen molar-refractivity contribution in [2.45, 2.75) is 6.54 Å². The summed E-state index contributed by atoms with van der Waals surface area (Å²) in [6, 6.07) is 19.8. The highest BCUT2D eigenvalue weighted by molar-refractivity contribution is 9.10. The molecule has 0 aliphatic carbocycles. The number of rotatable bonds is 10. The average molecular weight is 548 g/mol. The van der Waals surface area contributed by atoms with Crippen LogP contribution in [0.5, 0.6) is 0 Å². The molecule has 4 rings (SSSR count). The molecule has 2 aromatic heterocycles. The maximum Gasteiger partial charge on any atom is 0.287 e. The first-order valence-electron chi connectivity index (χ1n) is 11.0. The number of amides is 1. The van der Waals surface area contributed by atoms with Gasteiger partial charge in [-0.2, -0.15) is 0 Å². The Bertz CT molecular complexity index is 1330. The highest BCUT2D eigenvalue weighted by atomic mass is 79.9. The molecule has 11 heteroatoms. The average Bonchev–Trinajstić information content (AvgIpc) is 2.91. The van der Waals surface area contributed by atoms with Crippen molar-refractivity contribution in [2.75, 3.05) is 23.7 Å². The predicted octanol–water partition coefficient (Wildman–Crippen LogP) is 4.66. The van der Waals surface area contributed by atoms with Crippen molar-refractivity contribution < 1.29 is 9.72 Å². The van der Waals surface area contributed by atoms with Crippen LogP contribution in [-0.4, -0.2) is 38.9 Å². The Morgan fingerprint density at radius 1 is 0.917 bits per heavy atom. The molecular formula is C25H22BrN7O3. The van der Waals surface area contributed by atoms with Crippen LogP contribution in [0.25, 0.3) is 11.3 Å². The van der Waals surface area contributed by atoms with Gasteiger partial charge in [0.1, 0.15) is 12.0 Å². The number of nitrogens with zero attached hydrogens (tertiary/aromatic N) is 4. The molecule has 2 heterocycles. The molecule has 0 fully saturated rings. The van der Waals surface area contributed by atoms with Crippen LogP contribution in [0.1, 0.15) is 15.9 Å². The Hall–Kier alpha value is -4.38. The molecule has 0 unspecified atom stereocenters. The van der Waals surface area contributed by atoms with Gasteiger partial charge in [-0.15, -0.1) is 0 Å². The minimum Gasteiger partial charge on any atom is -0.368 e. The van der Waals surface area contributed by atoms with Gasteiger partial charge in [-0.3, -0.25) is 14.9 Å². The summed E-state index contributed by atoms with van der Waals surface area (Å²) in [5.74, 6) is 0.852. The number of hydrogen-bond donors (Lipinski definition) is 3. The maximum atomic E-state index is 12.5. The number of halogens is 1. The quantitative estimate of drug-likeness (QED) is 0.148. The van der Waals surface area contributed by atoms with Crippen LogP contribution in [0.3, 0.4) is 0 Å². The fourth-order valence-electron chi connectivity index (χ4n) is 3.25. The standard InChI is InChI=1S/C25H22BrN7O3/c26-20-7-1-17(2-8-20)15-31-24(34)19-5-3-18(4-6-19)22-11-12-28-25(32-22)29-14-13-27-23-10-9-21(16-30-23)33(35)36/h1-12,16H,13-15H2,(H,27,30)(H,31,34)(H,28,29,32). The lowest BCUT2D eigenvalue weighted by Crippen LogP contribution is -2.22. The zero-order valence-corrected chi connectivity index (χ0v) is 20.6. The van der Waals surface area contributed by atoms with Gasteiger partial charge in [0.2, 0.25) is 5.95 Å². The Balaban J connectivity index is 1.28. The topological polar surface area (TPSA) is 135 Å². The molecule has 0 atom stereocenters. The van der Waals surface area contributed by atoms with Gasteiger partial charge in [0.05, 0.1) is 10.6 Å². The van der Waals surface area contributed by atoms with E-state index in [1.807, 2.05) is 36.4 Å². The van der Waals surface area contributed by atoms with E-state index in [2.05, 4.69) is 46.8 Å². The summed E-state index contributed by atoms with van der Waals surface area (Å²) in [7, 11) is 0. The SMILES string of the molecule is O=C(NCc1ccc(Br)cc1)c1ccc(-c2ccnc(NCCNc3ccc([N+](=O)[O-])cn3)n2)cc1. The minimum atomic E-state index is -0.490. The summed E-state index contributed by atoms with van der Waals surface area (Å²) in [5, 5.41) is 19.8. The number of anilines is 2. The Morgan fingerprint density at radius 3 is 2.36 bits per heavy atom. The van der Waals surface area contributed by atoms with E-state index in [0.717, 1.165) is 21.3 Å². The Morgan fingerprint density at radius 2 is 1.67 bits per heavy atom. The number of hydrogen-bond acceptors (Lipinski definition) is 8. The van der Waals surface area contributed by atoms with Crippen molar-refractivity contribution in [3.05, 3.63) is 105 Å². The zero-order valence-electron chi connectivity index (χ0n) is 19.0. The second kappa shape index (κ2) is 11.8. The monoisotopic (exact) mass is 547 g/mol. The third kappa shape index (κ3) is 6.83. The lowest BCUT2D eigenvalue weighted by atomic mass is 10.1. The van der Waals surface area contributed by atoms with E-state index < -0.39 is 4.92 Å². The number of benzene rings is 2. The largest absolute Gasteiger partial charge is 0.368 e. The summed E-state index contributed by atoms with van der Waals surface area (Å²) in [6.45, 7) is 1.48. The van der Waals surface area contributed by atoms with E-state index in [4.69, 9.17) is 0 Å². The van der Waals surface area contributed by atoms with Gasteiger partial charge in [-0.05, 0) is 42.0 Å². The molecule has 4 aromatic rings. The molecule has 10 nitrogen and oxygen atoms in total.